The van der Waals surface area contributed by atoms with E-state index < -0.39 is 12.3 Å². The number of carbonyl (C=O) groups excluding carboxylic acids is 1. The number of rotatable bonds is 5. The molecule has 0 bridgehead atoms. The number of ether oxygens (including phenoxy) is 3. The maximum absolute atomic E-state index is 12.7. The van der Waals surface area contributed by atoms with Crippen molar-refractivity contribution < 1.29 is 36.7 Å². The Bertz CT molecular complexity index is 1080. The number of nitrogens with zero attached hydrogens (tertiary/aromatic N) is 1. The van der Waals surface area contributed by atoms with Crippen molar-refractivity contribution >= 4 is 5.91 Å². The minimum absolute atomic E-state index is 0.147. The first-order valence-corrected chi connectivity index (χ1v) is 8.79. The summed E-state index contributed by atoms with van der Waals surface area (Å²) in [5, 5.41) is 6.59. The van der Waals surface area contributed by atoms with Crippen molar-refractivity contribution in [3.63, 3.8) is 0 Å². The van der Waals surface area contributed by atoms with Gasteiger partial charge in [0.05, 0.1) is 5.69 Å². The molecule has 0 spiro atoms. The molecule has 0 unspecified atom stereocenters. The number of aromatic nitrogens is 1. The van der Waals surface area contributed by atoms with E-state index >= 15 is 0 Å². The van der Waals surface area contributed by atoms with Gasteiger partial charge >= 0.3 is 6.36 Å². The third-order valence-corrected chi connectivity index (χ3v) is 4.33. The molecule has 0 fully saturated rings. The van der Waals surface area contributed by atoms with E-state index in [2.05, 4.69) is 15.2 Å². The highest BCUT2D eigenvalue weighted by Crippen LogP contribution is 2.33. The maximum atomic E-state index is 12.7. The van der Waals surface area contributed by atoms with E-state index in [1.807, 2.05) is 0 Å². The highest BCUT2D eigenvalue weighted by Gasteiger charge is 2.31. The molecule has 30 heavy (non-hydrogen) atoms. The Morgan fingerprint density at radius 3 is 2.60 bits per heavy atom. The number of carbonyl (C=O) groups is 1. The summed E-state index contributed by atoms with van der Waals surface area (Å²) in [5.74, 6) is 0.576. The van der Waals surface area contributed by atoms with Gasteiger partial charge in [0, 0.05) is 12.1 Å². The minimum Gasteiger partial charge on any atom is -0.454 e. The van der Waals surface area contributed by atoms with Gasteiger partial charge in [-0.25, -0.2) is 0 Å². The van der Waals surface area contributed by atoms with Crippen molar-refractivity contribution in [1.82, 2.24) is 10.5 Å². The fourth-order valence-corrected chi connectivity index (χ4v) is 2.96. The lowest BCUT2D eigenvalue weighted by atomic mass is 10.1. The summed E-state index contributed by atoms with van der Waals surface area (Å²) in [4.78, 5) is 12.7. The molecule has 7 nitrogen and oxygen atoms in total. The van der Waals surface area contributed by atoms with Crippen molar-refractivity contribution in [3.05, 3.63) is 59.3 Å². The molecule has 3 aromatic rings. The fourth-order valence-electron chi connectivity index (χ4n) is 2.96. The first-order valence-electron chi connectivity index (χ1n) is 8.79. The summed E-state index contributed by atoms with van der Waals surface area (Å²) < 4.78 is 56.6. The Balaban J connectivity index is 1.49. The largest absolute Gasteiger partial charge is 0.573 e. The molecule has 0 atom stereocenters. The number of hydrogen-bond donors (Lipinski definition) is 1. The second kappa shape index (κ2) is 7.62. The summed E-state index contributed by atoms with van der Waals surface area (Å²) >= 11 is 0. The molecule has 156 valence electrons. The lowest BCUT2D eigenvalue weighted by Crippen LogP contribution is -2.23. The van der Waals surface area contributed by atoms with Gasteiger partial charge in [0.15, 0.2) is 17.3 Å². The summed E-state index contributed by atoms with van der Waals surface area (Å²) in [6, 6.07) is 10.3. The van der Waals surface area contributed by atoms with Gasteiger partial charge in [-0.05, 0) is 48.9 Å². The molecule has 1 amide bonds. The molecule has 2 aromatic carbocycles. The van der Waals surface area contributed by atoms with Crippen LogP contribution in [0.5, 0.6) is 17.2 Å². The molecule has 1 aliphatic heterocycles. The third-order valence-electron chi connectivity index (χ3n) is 4.33. The number of aryl methyl sites for hydroxylation is 1. The number of nitrogens with one attached hydrogen (secondary N) is 1. The van der Waals surface area contributed by atoms with Crippen LogP contribution in [0.4, 0.5) is 13.2 Å². The van der Waals surface area contributed by atoms with Crippen LogP contribution < -0.4 is 19.5 Å². The lowest BCUT2D eigenvalue weighted by molar-refractivity contribution is -0.274. The average Bonchev–Trinajstić information content (AvgIpc) is 3.31. The maximum Gasteiger partial charge on any atom is 0.573 e. The molecule has 1 N–H and O–H groups in total. The zero-order valence-electron chi connectivity index (χ0n) is 15.6. The molecule has 0 radical (unpaired) electrons. The fraction of sp³-hybridized carbons (Fsp3) is 0.200. The van der Waals surface area contributed by atoms with E-state index in [1.165, 1.54) is 12.1 Å². The van der Waals surface area contributed by atoms with Crippen LogP contribution in [0.1, 0.15) is 21.6 Å². The smallest absolute Gasteiger partial charge is 0.454 e. The summed E-state index contributed by atoms with van der Waals surface area (Å²) in [7, 11) is 0. The van der Waals surface area contributed by atoms with Crippen molar-refractivity contribution in [2.45, 2.75) is 19.8 Å². The van der Waals surface area contributed by atoms with Crippen molar-refractivity contribution in [2.75, 3.05) is 6.79 Å². The number of amides is 1. The monoisotopic (exact) mass is 420 g/mol. The Kier molecular flexibility index (Phi) is 4.98. The second-order valence-corrected chi connectivity index (χ2v) is 6.41. The Labute approximate surface area is 168 Å². The Hall–Kier alpha value is -3.69. The zero-order valence-corrected chi connectivity index (χ0v) is 15.6. The van der Waals surface area contributed by atoms with Crippen LogP contribution in [0, 0.1) is 6.92 Å². The lowest BCUT2D eigenvalue weighted by Gasteiger charge is -2.09. The van der Waals surface area contributed by atoms with E-state index in [0.29, 0.717) is 22.8 Å². The SMILES string of the molecule is Cc1noc(-c2ccc(OC(F)(F)F)cc2)c1C(=O)NCc1ccc2c(c1)OCO2. The molecule has 4 rings (SSSR count). The first-order chi connectivity index (χ1) is 14.3. The molecule has 0 saturated heterocycles. The van der Waals surface area contributed by atoms with E-state index in [4.69, 9.17) is 14.0 Å². The standard InChI is InChI=1S/C20H15F3N2O5/c1-11-17(19(26)24-9-12-2-7-15-16(8-12)28-10-27-15)18(30-25-11)13-3-5-14(6-4-13)29-20(21,22)23/h2-8H,9-10H2,1H3,(H,24,26). The molecular formula is C20H15F3N2O5. The second-order valence-electron chi connectivity index (χ2n) is 6.41. The number of benzene rings is 2. The predicted molar refractivity (Wildman–Crippen MR) is 97.1 cm³/mol. The first kappa shape index (κ1) is 19.6. The molecule has 2 heterocycles. The van der Waals surface area contributed by atoms with Crippen LogP contribution >= 0.6 is 0 Å². The van der Waals surface area contributed by atoms with Gasteiger partial charge in [-0.15, -0.1) is 13.2 Å². The van der Waals surface area contributed by atoms with Crippen LogP contribution in [0.3, 0.4) is 0 Å². The van der Waals surface area contributed by atoms with Gasteiger partial charge in [0.1, 0.15) is 11.3 Å². The Morgan fingerprint density at radius 1 is 1.13 bits per heavy atom. The normalized spacial score (nSPS) is 12.7. The molecule has 0 saturated carbocycles. The van der Waals surface area contributed by atoms with Crippen LogP contribution in [-0.2, 0) is 6.54 Å². The summed E-state index contributed by atoms with van der Waals surface area (Å²) in [5.41, 5.74) is 1.74. The van der Waals surface area contributed by atoms with Crippen molar-refractivity contribution in [1.29, 1.82) is 0 Å². The van der Waals surface area contributed by atoms with Gasteiger partial charge in [0.2, 0.25) is 6.79 Å². The summed E-state index contributed by atoms with van der Waals surface area (Å²) in [6.45, 7) is 1.97. The Morgan fingerprint density at radius 2 is 1.87 bits per heavy atom. The van der Waals surface area contributed by atoms with Crippen molar-refractivity contribution in [2.24, 2.45) is 0 Å². The van der Waals surface area contributed by atoms with Gasteiger partial charge in [-0.3, -0.25) is 4.79 Å². The van der Waals surface area contributed by atoms with Crippen LogP contribution in [0.2, 0.25) is 0 Å². The number of hydrogen-bond acceptors (Lipinski definition) is 6. The van der Waals surface area contributed by atoms with Gasteiger partial charge < -0.3 is 24.1 Å². The molecule has 1 aromatic heterocycles. The minimum atomic E-state index is -4.79. The molecule has 0 aliphatic carbocycles. The van der Waals surface area contributed by atoms with Crippen LogP contribution in [0.15, 0.2) is 47.0 Å². The molecule has 10 heteroatoms. The predicted octanol–water partition coefficient (Wildman–Crippen LogP) is 4.21. The van der Waals surface area contributed by atoms with Gasteiger partial charge in [-0.1, -0.05) is 11.2 Å². The van der Waals surface area contributed by atoms with E-state index in [0.717, 1.165) is 17.7 Å². The van der Waals surface area contributed by atoms with E-state index in [9.17, 15) is 18.0 Å². The quantitative estimate of drug-likeness (QED) is 0.666. The van der Waals surface area contributed by atoms with Crippen molar-refractivity contribution in [3.8, 4) is 28.6 Å². The van der Waals surface area contributed by atoms with Gasteiger partial charge in [-0.2, -0.15) is 0 Å². The number of fused-ring (bicyclic) bond motifs is 1. The number of alkyl halides is 3. The van der Waals surface area contributed by atoms with E-state index in [1.54, 1.807) is 25.1 Å². The summed E-state index contributed by atoms with van der Waals surface area (Å²) in [6.07, 6.45) is -4.79. The third kappa shape index (κ3) is 4.17. The molecular weight excluding hydrogens is 405 g/mol. The zero-order chi connectivity index (χ0) is 21.3. The highest BCUT2D eigenvalue weighted by atomic mass is 19.4. The van der Waals surface area contributed by atoms with E-state index in [-0.39, 0.29) is 30.4 Å². The highest BCUT2D eigenvalue weighted by molar-refractivity contribution is 6.00. The van der Waals surface area contributed by atoms with Gasteiger partial charge in [0.25, 0.3) is 5.91 Å². The molecule has 1 aliphatic rings. The number of halogens is 3. The van der Waals surface area contributed by atoms with Crippen LogP contribution in [0.25, 0.3) is 11.3 Å². The topological polar surface area (TPSA) is 82.8 Å². The van der Waals surface area contributed by atoms with Crippen LogP contribution in [-0.4, -0.2) is 24.2 Å². The average molecular weight is 420 g/mol.